The second kappa shape index (κ2) is 5.97. The third-order valence-corrected chi connectivity index (χ3v) is 4.90. The maximum Gasteiger partial charge on any atom is 0.191 e. The molecule has 3 rings (SSSR count). The molecule has 0 amide bonds. The van der Waals surface area contributed by atoms with Crippen molar-refractivity contribution < 1.29 is 28.4 Å². The maximum absolute atomic E-state index is 6.06. The Kier molecular flexibility index (Phi) is 4.52. The summed E-state index contributed by atoms with van der Waals surface area (Å²) in [6.07, 6.45) is 1.13. The highest BCUT2D eigenvalue weighted by atomic mass is 28.3. The predicted octanol–water partition coefficient (Wildman–Crippen LogP) is 2.24. The van der Waals surface area contributed by atoms with E-state index in [1.165, 1.54) is 0 Å². The molecule has 136 valence electrons. The molecule has 6 nitrogen and oxygen atoms in total. The van der Waals surface area contributed by atoms with Crippen molar-refractivity contribution in [1.82, 2.24) is 0 Å². The zero-order valence-corrected chi connectivity index (χ0v) is 16.5. The molecule has 3 heterocycles. The van der Waals surface area contributed by atoms with Gasteiger partial charge in [-0.05, 0) is 27.7 Å². The summed E-state index contributed by atoms with van der Waals surface area (Å²) in [6, 6.07) is 0. The molecular formula is C17H28O6Si. The lowest BCUT2D eigenvalue weighted by atomic mass is 10.1. The second-order valence-corrected chi connectivity index (χ2v) is 13.2. The molecule has 24 heavy (non-hydrogen) atoms. The lowest BCUT2D eigenvalue weighted by Crippen LogP contribution is -2.43. The third-order valence-electron chi connectivity index (χ3n) is 4.04. The molecule has 0 aliphatic carbocycles. The number of ether oxygens (including phenoxy) is 6. The van der Waals surface area contributed by atoms with Gasteiger partial charge in [-0.2, -0.15) is 0 Å². The van der Waals surface area contributed by atoms with E-state index in [2.05, 4.69) is 31.3 Å². The average molecular weight is 356 g/mol. The molecule has 5 atom stereocenters. The first-order valence-corrected chi connectivity index (χ1v) is 12.0. The van der Waals surface area contributed by atoms with Gasteiger partial charge in [0.2, 0.25) is 0 Å². The van der Waals surface area contributed by atoms with Gasteiger partial charge in [-0.3, -0.25) is 0 Å². The van der Waals surface area contributed by atoms with Gasteiger partial charge in [0.15, 0.2) is 30.1 Å². The number of fused-ring (bicyclic) bond motifs is 1. The number of hydrogen-bond donors (Lipinski definition) is 0. The van der Waals surface area contributed by atoms with Gasteiger partial charge < -0.3 is 28.4 Å². The van der Waals surface area contributed by atoms with Crippen LogP contribution in [0.4, 0.5) is 0 Å². The zero-order chi connectivity index (χ0) is 17.8. The second-order valence-electron chi connectivity index (χ2n) is 8.50. The quantitative estimate of drug-likeness (QED) is 0.559. The average Bonchev–Trinajstić information content (AvgIpc) is 2.99. The van der Waals surface area contributed by atoms with Gasteiger partial charge in [0.1, 0.15) is 26.4 Å². The summed E-state index contributed by atoms with van der Waals surface area (Å²) in [5.74, 6) is -1.32. The Labute approximate surface area is 145 Å². The Morgan fingerprint density at radius 2 is 1.67 bits per heavy atom. The van der Waals surface area contributed by atoms with Gasteiger partial charge in [0.25, 0.3) is 0 Å². The van der Waals surface area contributed by atoms with Crippen molar-refractivity contribution in [3.8, 4) is 11.7 Å². The molecule has 3 fully saturated rings. The summed E-state index contributed by atoms with van der Waals surface area (Å²) in [5.41, 5.74) is 3.22. The van der Waals surface area contributed by atoms with Crippen molar-refractivity contribution in [2.75, 3.05) is 6.61 Å². The minimum absolute atomic E-state index is 0.236. The standard InChI is InChI=1S/C17H28O6Si/c1-16(2)19-10-11(21-16)12-13(18-8-9-24(5,6)7)14-15(20-12)23-17(3,4)22-14/h11-15H,10H2,1-7H3/t11-,12-,13+,14-,15-/m1/s1. The predicted molar refractivity (Wildman–Crippen MR) is 89.6 cm³/mol. The van der Waals surface area contributed by atoms with Crippen LogP contribution >= 0.6 is 0 Å². The fraction of sp³-hybridized carbons (Fsp3) is 0.882. The lowest BCUT2D eigenvalue weighted by molar-refractivity contribution is -0.231. The molecule has 0 aromatic rings. The normalized spacial score (nSPS) is 40.0. The van der Waals surface area contributed by atoms with Gasteiger partial charge >= 0.3 is 0 Å². The van der Waals surface area contributed by atoms with E-state index in [9.17, 15) is 0 Å². The van der Waals surface area contributed by atoms with Crippen molar-refractivity contribution >= 4 is 8.07 Å². The third kappa shape index (κ3) is 3.95. The lowest BCUT2D eigenvalue weighted by Gasteiger charge is -2.27. The van der Waals surface area contributed by atoms with Crippen LogP contribution in [0.3, 0.4) is 0 Å². The van der Waals surface area contributed by atoms with Crippen LogP contribution in [-0.2, 0) is 28.4 Å². The van der Waals surface area contributed by atoms with Crippen LogP contribution < -0.4 is 0 Å². The molecular weight excluding hydrogens is 328 g/mol. The summed E-state index contributed by atoms with van der Waals surface area (Å²) in [7, 11) is -1.52. The fourth-order valence-electron chi connectivity index (χ4n) is 3.07. The van der Waals surface area contributed by atoms with Gasteiger partial charge in [-0.15, -0.1) is 0 Å². The van der Waals surface area contributed by atoms with E-state index >= 15 is 0 Å². The van der Waals surface area contributed by atoms with Crippen molar-refractivity contribution in [2.24, 2.45) is 0 Å². The highest BCUT2D eigenvalue weighted by Gasteiger charge is 2.59. The van der Waals surface area contributed by atoms with Crippen LogP contribution in [0.2, 0.25) is 19.6 Å². The van der Waals surface area contributed by atoms with Crippen LogP contribution in [-0.4, -0.2) is 57.0 Å². The molecule has 0 aromatic heterocycles. The van der Waals surface area contributed by atoms with Gasteiger partial charge in [0, 0.05) is 0 Å². The van der Waals surface area contributed by atoms with Crippen molar-refractivity contribution in [1.29, 1.82) is 0 Å². The molecule has 0 bridgehead atoms. The van der Waals surface area contributed by atoms with Crippen LogP contribution in [0.15, 0.2) is 0 Å². The van der Waals surface area contributed by atoms with Crippen molar-refractivity contribution in [3.05, 3.63) is 0 Å². The molecule has 0 aromatic carbocycles. The molecule has 7 heteroatoms. The zero-order valence-electron chi connectivity index (χ0n) is 15.5. The first-order valence-electron chi connectivity index (χ1n) is 8.47. The Bertz CT molecular complexity index is 544. The molecule has 0 radical (unpaired) electrons. The van der Waals surface area contributed by atoms with E-state index in [0.29, 0.717) is 6.61 Å². The Morgan fingerprint density at radius 1 is 0.958 bits per heavy atom. The molecule has 3 saturated heterocycles. The summed E-state index contributed by atoms with van der Waals surface area (Å²) >= 11 is 0. The number of hydrogen-bond acceptors (Lipinski definition) is 6. The largest absolute Gasteiger partial charge is 0.438 e. The van der Waals surface area contributed by atoms with Gasteiger partial charge in [-0.25, -0.2) is 0 Å². The SMILES string of the molecule is CC1(C)O[C@H]2O[C@H]([C@H]3COC(C)(C)O3)[C@H](OC#C[Si](C)(C)C)[C@H]2O1. The summed E-state index contributed by atoms with van der Waals surface area (Å²) < 4.78 is 35.4. The minimum Gasteiger partial charge on any atom is -0.438 e. The van der Waals surface area contributed by atoms with Crippen LogP contribution in [0.5, 0.6) is 0 Å². The van der Waals surface area contributed by atoms with Crippen molar-refractivity contribution in [3.63, 3.8) is 0 Å². The molecule has 0 N–H and O–H groups in total. The fourth-order valence-corrected chi connectivity index (χ4v) is 3.43. The Balaban J connectivity index is 1.76. The molecule has 0 spiro atoms. The smallest absolute Gasteiger partial charge is 0.191 e. The van der Waals surface area contributed by atoms with Gasteiger partial charge in [0.05, 0.1) is 6.61 Å². The van der Waals surface area contributed by atoms with Crippen LogP contribution in [0.25, 0.3) is 0 Å². The minimum atomic E-state index is -1.52. The van der Waals surface area contributed by atoms with E-state index in [0.717, 1.165) is 0 Å². The molecule has 0 saturated carbocycles. The highest BCUT2D eigenvalue weighted by Crippen LogP contribution is 2.41. The first-order chi connectivity index (χ1) is 11.0. The van der Waals surface area contributed by atoms with E-state index in [1.54, 1.807) is 0 Å². The molecule has 0 unspecified atom stereocenters. The van der Waals surface area contributed by atoms with Crippen LogP contribution in [0, 0.1) is 11.7 Å². The highest BCUT2D eigenvalue weighted by molar-refractivity contribution is 6.83. The Morgan fingerprint density at radius 3 is 2.25 bits per heavy atom. The maximum atomic E-state index is 6.06. The number of rotatable bonds is 2. The summed E-state index contributed by atoms with van der Waals surface area (Å²) in [4.78, 5) is 0. The Hall–Kier alpha value is -0.623. The van der Waals surface area contributed by atoms with Crippen molar-refractivity contribution in [2.45, 2.75) is 89.6 Å². The van der Waals surface area contributed by atoms with Gasteiger partial charge in [-0.1, -0.05) is 25.2 Å². The van der Waals surface area contributed by atoms with E-state index in [4.69, 9.17) is 28.4 Å². The topological polar surface area (TPSA) is 55.4 Å². The first kappa shape index (κ1) is 18.2. The van der Waals surface area contributed by atoms with Crippen LogP contribution in [0.1, 0.15) is 27.7 Å². The molecule has 3 aliphatic rings. The van der Waals surface area contributed by atoms with E-state index < -0.39 is 25.9 Å². The summed E-state index contributed by atoms with van der Waals surface area (Å²) in [6.45, 7) is 14.5. The summed E-state index contributed by atoms with van der Waals surface area (Å²) in [5, 5.41) is 0. The van der Waals surface area contributed by atoms with E-state index in [-0.39, 0.29) is 24.4 Å². The molecule has 3 aliphatic heterocycles. The monoisotopic (exact) mass is 356 g/mol. The van der Waals surface area contributed by atoms with E-state index in [1.807, 2.05) is 27.7 Å².